The second-order valence-electron chi connectivity index (χ2n) is 4.40. The molecule has 1 saturated carbocycles. The molecule has 1 aliphatic rings. The number of carbonyl (C=O) groups is 1. The number of nitriles is 1. The first-order chi connectivity index (χ1) is 8.20. The third kappa shape index (κ3) is 2.62. The molecule has 1 aromatic heterocycles. The van der Waals surface area contributed by atoms with Crippen LogP contribution in [0.5, 0.6) is 0 Å². The Kier molecular flexibility index (Phi) is 3.38. The van der Waals surface area contributed by atoms with E-state index in [1.54, 1.807) is 6.20 Å². The number of aromatic nitrogens is 1. The Balaban J connectivity index is 2.22. The van der Waals surface area contributed by atoms with Crippen molar-refractivity contribution in [2.75, 3.05) is 0 Å². The summed E-state index contributed by atoms with van der Waals surface area (Å²) < 4.78 is 1.42. The SMILES string of the molecule is N#CCn1cc(C2CCC(=O)CC2)ccc1=O. The molecule has 0 atom stereocenters. The summed E-state index contributed by atoms with van der Waals surface area (Å²) in [5.41, 5.74) is 0.912. The van der Waals surface area contributed by atoms with Crippen LogP contribution < -0.4 is 5.56 Å². The molecular weight excluding hydrogens is 216 g/mol. The maximum atomic E-state index is 11.5. The summed E-state index contributed by atoms with van der Waals surface area (Å²) in [5.74, 6) is 0.671. The van der Waals surface area contributed by atoms with E-state index in [9.17, 15) is 9.59 Å². The number of Topliss-reactive ketones (excluding diaryl/α,β-unsaturated/α-hetero) is 1. The molecule has 0 unspecified atom stereocenters. The van der Waals surface area contributed by atoms with Crippen LogP contribution in [0, 0.1) is 11.3 Å². The zero-order chi connectivity index (χ0) is 12.3. The highest BCUT2D eigenvalue weighted by Gasteiger charge is 2.20. The summed E-state index contributed by atoms with van der Waals surface area (Å²) in [5, 5.41) is 8.63. The Morgan fingerprint density at radius 1 is 1.29 bits per heavy atom. The van der Waals surface area contributed by atoms with E-state index >= 15 is 0 Å². The normalized spacial score (nSPS) is 16.8. The van der Waals surface area contributed by atoms with Gasteiger partial charge in [-0.2, -0.15) is 5.26 Å². The Morgan fingerprint density at radius 3 is 2.65 bits per heavy atom. The summed E-state index contributed by atoms with van der Waals surface area (Å²) in [4.78, 5) is 22.6. The Bertz CT molecular complexity index is 515. The molecule has 1 aromatic rings. The molecule has 17 heavy (non-hydrogen) atoms. The topological polar surface area (TPSA) is 62.9 Å². The van der Waals surface area contributed by atoms with Crippen LogP contribution in [0.2, 0.25) is 0 Å². The van der Waals surface area contributed by atoms with Crippen LogP contribution in [0.15, 0.2) is 23.1 Å². The molecule has 1 heterocycles. The molecule has 0 aromatic carbocycles. The van der Waals surface area contributed by atoms with E-state index in [4.69, 9.17) is 5.26 Å². The second-order valence-corrected chi connectivity index (χ2v) is 4.40. The minimum absolute atomic E-state index is 0.0817. The van der Waals surface area contributed by atoms with Crippen molar-refractivity contribution in [2.45, 2.75) is 38.1 Å². The van der Waals surface area contributed by atoms with Gasteiger partial charge in [0, 0.05) is 25.1 Å². The Morgan fingerprint density at radius 2 is 2.00 bits per heavy atom. The van der Waals surface area contributed by atoms with Crippen LogP contribution in [0.25, 0.3) is 0 Å². The minimum atomic E-state index is -0.151. The third-order valence-corrected chi connectivity index (χ3v) is 3.26. The highest BCUT2D eigenvalue weighted by atomic mass is 16.1. The number of ketones is 1. The van der Waals surface area contributed by atoms with Gasteiger partial charge in [0.2, 0.25) is 0 Å². The van der Waals surface area contributed by atoms with Gasteiger partial charge in [0.1, 0.15) is 12.3 Å². The van der Waals surface area contributed by atoms with Gasteiger partial charge in [0.15, 0.2) is 0 Å². The van der Waals surface area contributed by atoms with Gasteiger partial charge in [-0.15, -0.1) is 0 Å². The molecule has 4 heteroatoms. The van der Waals surface area contributed by atoms with Gasteiger partial charge in [0.25, 0.3) is 5.56 Å². The molecule has 0 bridgehead atoms. The Hall–Kier alpha value is -1.89. The van der Waals surface area contributed by atoms with Crippen molar-refractivity contribution in [1.82, 2.24) is 4.57 Å². The fraction of sp³-hybridized carbons (Fsp3) is 0.462. The first kappa shape index (κ1) is 11.6. The Labute approximate surface area is 99.5 Å². The monoisotopic (exact) mass is 230 g/mol. The van der Waals surface area contributed by atoms with E-state index in [-0.39, 0.29) is 12.1 Å². The number of hydrogen-bond donors (Lipinski definition) is 0. The van der Waals surface area contributed by atoms with Gasteiger partial charge < -0.3 is 4.57 Å². The smallest absolute Gasteiger partial charge is 0.251 e. The van der Waals surface area contributed by atoms with E-state index in [0.717, 1.165) is 18.4 Å². The molecule has 0 amide bonds. The van der Waals surface area contributed by atoms with Crippen molar-refractivity contribution in [1.29, 1.82) is 5.26 Å². The van der Waals surface area contributed by atoms with Crippen molar-refractivity contribution >= 4 is 5.78 Å². The molecule has 0 aliphatic heterocycles. The van der Waals surface area contributed by atoms with Crippen LogP contribution in [0.1, 0.15) is 37.2 Å². The van der Waals surface area contributed by atoms with Gasteiger partial charge in [-0.1, -0.05) is 6.07 Å². The standard InChI is InChI=1S/C13H14N2O2/c14-7-8-15-9-11(3-6-13(15)17)10-1-4-12(16)5-2-10/h3,6,9-10H,1-2,4-5,8H2. The summed E-state index contributed by atoms with van der Waals surface area (Å²) in [6.45, 7) is 0.0817. The number of carbonyl (C=O) groups excluding carboxylic acids is 1. The predicted molar refractivity (Wildman–Crippen MR) is 62.5 cm³/mol. The average molecular weight is 230 g/mol. The van der Waals surface area contributed by atoms with Crippen molar-refractivity contribution in [3.63, 3.8) is 0 Å². The lowest BCUT2D eigenvalue weighted by Crippen LogP contribution is -2.20. The van der Waals surface area contributed by atoms with E-state index in [1.807, 2.05) is 12.1 Å². The number of hydrogen-bond acceptors (Lipinski definition) is 3. The fourth-order valence-corrected chi connectivity index (χ4v) is 2.26. The number of pyridine rings is 1. The molecule has 0 spiro atoms. The van der Waals surface area contributed by atoms with E-state index in [0.29, 0.717) is 24.5 Å². The summed E-state index contributed by atoms with van der Waals surface area (Å²) in [7, 11) is 0. The van der Waals surface area contributed by atoms with E-state index < -0.39 is 0 Å². The molecule has 0 N–H and O–H groups in total. The summed E-state index contributed by atoms with van der Waals surface area (Å²) in [6, 6.07) is 5.29. The van der Waals surface area contributed by atoms with Crippen LogP contribution in [-0.2, 0) is 11.3 Å². The lowest BCUT2D eigenvalue weighted by atomic mass is 9.84. The van der Waals surface area contributed by atoms with Gasteiger partial charge in [-0.3, -0.25) is 9.59 Å². The van der Waals surface area contributed by atoms with E-state index in [1.165, 1.54) is 10.6 Å². The van der Waals surface area contributed by atoms with Crippen molar-refractivity contribution < 1.29 is 4.79 Å². The van der Waals surface area contributed by atoms with Crippen molar-refractivity contribution in [2.24, 2.45) is 0 Å². The van der Waals surface area contributed by atoms with Gasteiger partial charge in [-0.25, -0.2) is 0 Å². The van der Waals surface area contributed by atoms with E-state index in [2.05, 4.69) is 0 Å². The molecule has 2 rings (SSSR count). The molecule has 0 saturated heterocycles. The lowest BCUT2D eigenvalue weighted by molar-refractivity contribution is -0.120. The van der Waals surface area contributed by atoms with Crippen LogP contribution in [0.4, 0.5) is 0 Å². The number of rotatable bonds is 2. The lowest BCUT2D eigenvalue weighted by Gasteiger charge is -2.21. The molecule has 1 fully saturated rings. The van der Waals surface area contributed by atoms with Crippen molar-refractivity contribution in [3.05, 3.63) is 34.2 Å². The minimum Gasteiger partial charge on any atom is -0.301 e. The van der Waals surface area contributed by atoms with Crippen LogP contribution in [-0.4, -0.2) is 10.4 Å². The molecule has 0 radical (unpaired) electrons. The highest BCUT2D eigenvalue weighted by molar-refractivity contribution is 5.79. The van der Waals surface area contributed by atoms with Crippen LogP contribution in [0.3, 0.4) is 0 Å². The predicted octanol–water partition coefficient (Wildman–Crippen LogP) is 1.60. The van der Waals surface area contributed by atoms with Crippen molar-refractivity contribution in [3.8, 4) is 6.07 Å². The maximum Gasteiger partial charge on any atom is 0.251 e. The van der Waals surface area contributed by atoms with Gasteiger partial charge in [-0.05, 0) is 24.3 Å². The number of nitrogens with zero attached hydrogens (tertiary/aromatic N) is 2. The maximum absolute atomic E-state index is 11.5. The highest BCUT2D eigenvalue weighted by Crippen LogP contribution is 2.30. The first-order valence-electron chi connectivity index (χ1n) is 5.80. The summed E-state index contributed by atoms with van der Waals surface area (Å²) in [6.07, 6.45) is 4.71. The average Bonchev–Trinajstić information content (AvgIpc) is 2.33. The molecule has 4 nitrogen and oxygen atoms in total. The largest absolute Gasteiger partial charge is 0.301 e. The zero-order valence-electron chi connectivity index (χ0n) is 9.56. The molecular formula is C13H14N2O2. The third-order valence-electron chi connectivity index (χ3n) is 3.26. The first-order valence-corrected chi connectivity index (χ1v) is 5.80. The molecule has 88 valence electrons. The quantitative estimate of drug-likeness (QED) is 0.775. The fourth-order valence-electron chi connectivity index (χ4n) is 2.26. The van der Waals surface area contributed by atoms with Gasteiger partial charge in [0.05, 0.1) is 6.07 Å². The molecule has 1 aliphatic carbocycles. The zero-order valence-corrected chi connectivity index (χ0v) is 9.56. The van der Waals surface area contributed by atoms with Crippen LogP contribution >= 0.6 is 0 Å². The summed E-state index contributed by atoms with van der Waals surface area (Å²) >= 11 is 0. The van der Waals surface area contributed by atoms with Gasteiger partial charge >= 0.3 is 0 Å². The second kappa shape index (κ2) is 4.96.